The van der Waals surface area contributed by atoms with Crippen molar-refractivity contribution < 1.29 is 37.4 Å². The van der Waals surface area contributed by atoms with E-state index >= 15 is 0 Å². The van der Waals surface area contributed by atoms with Crippen LogP contribution in [0.4, 0.5) is 19.0 Å². The van der Waals surface area contributed by atoms with Gasteiger partial charge >= 0.3 is 29.6 Å². The Bertz CT molecular complexity index is 837. The average molecular weight is 387 g/mol. The molecule has 0 radical (unpaired) electrons. The number of aromatic nitrogens is 2. The first kappa shape index (κ1) is 19.7. The number of rotatable bonds is 6. The van der Waals surface area contributed by atoms with Crippen molar-refractivity contribution in [2.24, 2.45) is 10.9 Å². The average Bonchev–Trinajstić information content (AvgIpc) is 3.05. The van der Waals surface area contributed by atoms with Gasteiger partial charge in [-0.3, -0.25) is 4.79 Å². The predicted molar refractivity (Wildman–Crippen MR) is 82.3 cm³/mol. The Morgan fingerprint density at radius 2 is 2.00 bits per heavy atom. The lowest BCUT2D eigenvalue weighted by Gasteiger charge is -2.18. The maximum atomic E-state index is 12.5. The third kappa shape index (κ3) is 5.42. The molecule has 2 aromatic rings. The normalized spacial score (nSPS) is 13.1. The molecular weight excluding hydrogens is 373 g/mol. The van der Waals surface area contributed by atoms with Gasteiger partial charge < -0.3 is 21.6 Å². The fourth-order valence-electron chi connectivity index (χ4n) is 1.92. The standard InChI is InChI=1S/C14H13F3N6O4/c15-14(16,17)13(25)20-8(7-4-2-1-3-5-7)6-9(24)26-22-11(18)10-12(19)23-27-21-10/h1-5,8H,6H2,(H2,18,22)(H2,19,23)(H,20,25)/p+1. The molecule has 1 aromatic carbocycles. The van der Waals surface area contributed by atoms with E-state index in [2.05, 4.69) is 24.9 Å². The van der Waals surface area contributed by atoms with Crippen LogP contribution >= 0.6 is 0 Å². The topological polar surface area (TPSA) is 160 Å². The summed E-state index contributed by atoms with van der Waals surface area (Å²) in [5.74, 6) is -3.73. The van der Waals surface area contributed by atoms with E-state index < -0.39 is 36.4 Å². The summed E-state index contributed by atoms with van der Waals surface area (Å²) in [6.07, 6.45) is -5.75. The number of nitrogens with two attached hydrogens (primary N) is 2. The van der Waals surface area contributed by atoms with Crippen LogP contribution in [0.5, 0.6) is 0 Å². The highest BCUT2D eigenvalue weighted by Gasteiger charge is 2.40. The number of nitrogens with zero attached hydrogens (tertiary/aromatic N) is 2. The lowest BCUT2D eigenvalue weighted by molar-refractivity contribution is -0.610. The fraction of sp³-hybridized carbons (Fsp3) is 0.214. The Balaban J connectivity index is 2.09. The number of nitrogens with one attached hydrogen (secondary N) is 2. The summed E-state index contributed by atoms with van der Waals surface area (Å²) >= 11 is 0. The van der Waals surface area contributed by atoms with E-state index in [1.807, 2.05) is 0 Å². The number of amides is 1. The summed E-state index contributed by atoms with van der Waals surface area (Å²) in [6, 6.07) is 6.28. The lowest BCUT2D eigenvalue weighted by atomic mass is 10.0. The minimum Gasteiger partial charge on any atom is -0.378 e. The summed E-state index contributed by atoms with van der Waals surface area (Å²) in [7, 11) is 0. The number of hydrogen-bond donors (Lipinski definition) is 3. The van der Waals surface area contributed by atoms with E-state index in [9.17, 15) is 22.8 Å². The number of carbonyl (C=O) groups excluding carboxylic acids is 2. The zero-order chi connectivity index (χ0) is 20.0. The first-order chi connectivity index (χ1) is 12.7. The van der Waals surface area contributed by atoms with Gasteiger partial charge in [0, 0.05) is 0 Å². The van der Waals surface area contributed by atoms with Crippen LogP contribution in [0.2, 0.25) is 0 Å². The van der Waals surface area contributed by atoms with Gasteiger partial charge in [0.15, 0.2) is 0 Å². The number of H-pyrrole nitrogens is 1. The van der Waals surface area contributed by atoms with Gasteiger partial charge in [-0.2, -0.15) is 13.2 Å². The summed E-state index contributed by atoms with van der Waals surface area (Å²) < 4.78 is 42.0. The minimum atomic E-state index is -5.11. The van der Waals surface area contributed by atoms with Crippen molar-refractivity contribution in [1.82, 2.24) is 10.5 Å². The highest BCUT2D eigenvalue weighted by molar-refractivity contribution is 5.98. The molecule has 13 heteroatoms. The smallest absolute Gasteiger partial charge is 0.378 e. The molecule has 10 nitrogen and oxygen atoms in total. The largest absolute Gasteiger partial charge is 0.471 e. The quantitative estimate of drug-likeness (QED) is 0.273. The van der Waals surface area contributed by atoms with Crippen LogP contribution in [0.25, 0.3) is 0 Å². The molecule has 1 unspecified atom stereocenters. The van der Waals surface area contributed by atoms with Gasteiger partial charge in [0.05, 0.1) is 17.6 Å². The van der Waals surface area contributed by atoms with Crippen molar-refractivity contribution in [3.63, 3.8) is 0 Å². The number of benzene rings is 1. The third-order valence-corrected chi connectivity index (χ3v) is 3.17. The first-order valence-corrected chi connectivity index (χ1v) is 7.27. The van der Waals surface area contributed by atoms with Crippen LogP contribution in [0, 0.1) is 0 Å². The molecule has 0 aliphatic rings. The number of amidine groups is 1. The molecule has 2 rings (SSSR count). The second kappa shape index (κ2) is 8.16. The van der Waals surface area contributed by atoms with E-state index in [1.165, 1.54) is 24.3 Å². The molecule has 0 bridgehead atoms. The zero-order valence-electron chi connectivity index (χ0n) is 13.5. The monoisotopic (exact) mass is 387 g/mol. The summed E-state index contributed by atoms with van der Waals surface area (Å²) in [5, 5.41) is 10.6. The SMILES string of the molecule is NC(=NOC(=O)CC(NC(=O)C(F)(F)F)c1ccccc1)c1no[nH+]c1N. The zero-order valence-corrected chi connectivity index (χ0v) is 13.5. The number of carbonyl (C=O) groups is 2. The van der Waals surface area contributed by atoms with Crippen molar-refractivity contribution in [2.75, 3.05) is 5.73 Å². The molecule has 0 aliphatic heterocycles. The van der Waals surface area contributed by atoms with Crippen LogP contribution in [0.15, 0.2) is 40.1 Å². The Kier molecular flexibility index (Phi) is 5.95. The van der Waals surface area contributed by atoms with Crippen LogP contribution in [-0.2, 0) is 14.4 Å². The third-order valence-electron chi connectivity index (χ3n) is 3.17. The van der Waals surface area contributed by atoms with Gasteiger partial charge in [0.2, 0.25) is 5.84 Å². The minimum absolute atomic E-state index is 0.0769. The number of alkyl halides is 3. The molecule has 1 amide bonds. The fourth-order valence-corrected chi connectivity index (χ4v) is 1.92. The van der Waals surface area contributed by atoms with E-state index in [0.717, 1.165) is 0 Å². The van der Waals surface area contributed by atoms with Crippen molar-refractivity contribution in [1.29, 1.82) is 0 Å². The molecule has 144 valence electrons. The van der Waals surface area contributed by atoms with Crippen LogP contribution < -0.4 is 21.9 Å². The molecule has 1 atom stereocenters. The second-order valence-electron chi connectivity index (χ2n) is 5.13. The van der Waals surface area contributed by atoms with Gasteiger partial charge in [-0.15, -0.1) is 4.63 Å². The van der Waals surface area contributed by atoms with Crippen molar-refractivity contribution in [3.05, 3.63) is 41.6 Å². The molecule has 0 spiro atoms. The number of oxime groups is 1. The van der Waals surface area contributed by atoms with Gasteiger partial charge in [-0.25, -0.2) is 4.79 Å². The van der Waals surface area contributed by atoms with Gasteiger partial charge in [-0.05, 0) is 5.56 Å². The van der Waals surface area contributed by atoms with Crippen LogP contribution in [0.1, 0.15) is 23.7 Å². The highest BCUT2D eigenvalue weighted by Crippen LogP contribution is 2.21. The molecule has 6 N–H and O–H groups in total. The number of halogens is 3. The van der Waals surface area contributed by atoms with Crippen LogP contribution in [-0.4, -0.2) is 29.0 Å². The molecule has 1 aromatic heterocycles. The summed E-state index contributed by atoms with van der Waals surface area (Å²) in [6.45, 7) is 0. The van der Waals surface area contributed by atoms with Crippen LogP contribution in [0.3, 0.4) is 0 Å². The van der Waals surface area contributed by atoms with Gasteiger partial charge in [0.1, 0.15) is 0 Å². The predicted octanol–water partition coefficient (Wildman–Crippen LogP) is 0.0443. The maximum absolute atomic E-state index is 12.5. The molecule has 1 heterocycles. The van der Waals surface area contributed by atoms with Crippen molar-refractivity contribution in [3.8, 4) is 0 Å². The first-order valence-electron chi connectivity index (χ1n) is 7.27. The highest BCUT2D eigenvalue weighted by atomic mass is 19.4. The van der Waals surface area contributed by atoms with E-state index in [-0.39, 0.29) is 17.1 Å². The number of aromatic amines is 1. The second-order valence-corrected chi connectivity index (χ2v) is 5.13. The molecule has 0 aliphatic carbocycles. The van der Waals surface area contributed by atoms with E-state index in [1.54, 1.807) is 11.4 Å². The number of anilines is 1. The molecule has 0 saturated heterocycles. The molecule has 27 heavy (non-hydrogen) atoms. The van der Waals surface area contributed by atoms with Gasteiger partial charge in [0.25, 0.3) is 0 Å². The Morgan fingerprint density at radius 1 is 1.33 bits per heavy atom. The molecule has 0 saturated carbocycles. The summed E-state index contributed by atoms with van der Waals surface area (Å²) in [5.41, 5.74) is 11.1. The molecule has 0 fully saturated rings. The van der Waals surface area contributed by atoms with E-state index in [4.69, 9.17) is 11.5 Å². The molecular formula is C14H14F3N6O4+. The number of hydrogen-bond acceptors (Lipinski definition) is 7. The Hall–Kier alpha value is -3.64. The van der Waals surface area contributed by atoms with Crippen molar-refractivity contribution in [2.45, 2.75) is 18.6 Å². The van der Waals surface area contributed by atoms with E-state index in [0.29, 0.717) is 0 Å². The summed E-state index contributed by atoms with van der Waals surface area (Å²) in [4.78, 5) is 27.7. The Morgan fingerprint density at radius 3 is 2.56 bits per heavy atom. The Labute approximate surface area is 149 Å². The lowest BCUT2D eigenvalue weighted by Crippen LogP contribution is -2.39. The van der Waals surface area contributed by atoms with Gasteiger partial charge in [-0.1, -0.05) is 40.6 Å². The maximum Gasteiger partial charge on any atom is 0.471 e. The van der Waals surface area contributed by atoms with Crippen molar-refractivity contribution >= 4 is 23.5 Å². The number of nitrogen functional groups attached to an aromatic ring is 1.